The number of aliphatic hydroxyl groups excluding tert-OH is 1. The maximum Gasteiger partial charge on any atom is 0.244 e. The molecule has 7 heteroatoms. The molecule has 1 aromatic carbocycles. The minimum Gasteiger partial charge on any atom is -0.392 e. The van der Waals surface area contributed by atoms with Crippen LogP contribution >= 0.6 is 11.6 Å². The van der Waals surface area contributed by atoms with E-state index in [-0.39, 0.29) is 23.0 Å². The van der Waals surface area contributed by atoms with Gasteiger partial charge in [0.05, 0.1) is 11.1 Å². The van der Waals surface area contributed by atoms with Crippen LogP contribution in [0.3, 0.4) is 0 Å². The Hall–Kier alpha value is -0.690. The molecule has 0 aliphatic carbocycles. The third kappa shape index (κ3) is 2.44. The van der Waals surface area contributed by atoms with Crippen molar-refractivity contribution in [3.63, 3.8) is 0 Å². The summed E-state index contributed by atoms with van der Waals surface area (Å²) in [5.41, 5.74) is 0. The van der Waals surface area contributed by atoms with Gasteiger partial charge in [0.1, 0.15) is 10.7 Å². The molecular weight excluding hydrogens is 269 g/mol. The number of aliphatic hydroxyl groups is 1. The van der Waals surface area contributed by atoms with Crippen molar-refractivity contribution in [2.45, 2.75) is 17.4 Å². The molecule has 1 saturated heterocycles. The molecule has 2 rings (SSSR count). The van der Waals surface area contributed by atoms with Crippen LogP contribution in [0.15, 0.2) is 23.1 Å². The van der Waals surface area contributed by atoms with Crippen LogP contribution in [-0.4, -0.2) is 37.0 Å². The summed E-state index contributed by atoms with van der Waals surface area (Å²) in [6.45, 7) is 0.299. The zero-order valence-corrected chi connectivity index (χ0v) is 10.4. The van der Waals surface area contributed by atoms with E-state index in [0.29, 0.717) is 6.42 Å². The van der Waals surface area contributed by atoms with Gasteiger partial charge in [0.25, 0.3) is 0 Å². The first-order valence-electron chi connectivity index (χ1n) is 5.04. The van der Waals surface area contributed by atoms with Crippen LogP contribution in [0.2, 0.25) is 5.02 Å². The highest BCUT2D eigenvalue weighted by molar-refractivity contribution is 7.89. The van der Waals surface area contributed by atoms with E-state index >= 15 is 0 Å². The molecule has 0 amide bonds. The van der Waals surface area contributed by atoms with E-state index in [1.165, 1.54) is 0 Å². The van der Waals surface area contributed by atoms with E-state index in [9.17, 15) is 17.9 Å². The van der Waals surface area contributed by atoms with Gasteiger partial charge in [-0.3, -0.25) is 0 Å². The minimum atomic E-state index is -3.74. The fourth-order valence-corrected chi connectivity index (χ4v) is 3.75. The van der Waals surface area contributed by atoms with E-state index < -0.39 is 21.9 Å². The highest BCUT2D eigenvalue weighted by Crippen LogP contribution is 2.27. The first-order valence-corrected chi connectivity index (χ1v) is 6.86. The quantitative estimate of drug-likeness (QED) is 0.886. The van der Waals surface area contributed by atoms with Gasteiger partial charge in [0.15, 0.2) is 0 Å². The molecule has 94 valence electrons. The van der Waals surface area contributed by atoms with Crippen LogP contribution in [0, 0.1) is 5.82 Å². The van der Waals surface area contributed by atoms with Crippen molar-refractivity contribution in [2.75, 3.05) is 13.1 Å². The van der Waals surface area contributed by atoms with Gasteiger partial charge in [-0.05, 0) is 24.6 Å². The van der Waals surface area contributed by atoms with Gasteiger partial charge in [0.2, 0.25) is 10.0 Å². The van der Waals surface area contributed by atoms with Gasteiger partial charge in [-0.1, -0.05) is 11.6 Å². The highest BCUT2D eigenvalue weighted by atomic mass is 35.5. The second-order valence-corrected chi connectivity index (χ2v) is 6.19. The standard InChI is InChI=1S/C10H11ClFNO3S/c11-9-5-7(12)1-2-10(9)17(15,16)13-4-3-8(14)6-13/h1-2,5,8,14H,3-4,6H2/t8-/m0/s1. The molecule has 1 atom stereocenters. The number of halogens is 2. The number of hydrogen-bond acceptors (Lipinski definition) is 3. The first-order chi connectivity index (χ1) is 7.91. The molecule has 1 N–H and O–H groups in total. The molecule has 4 nitrogen and oxygen atoms in total. The van der Waals surface area contributed by atoms with E-state index in [1.54, 1.807) is 0 Å². The summed E-state index contributed by atoms with van der Waals surface area (Å²) in [4.78, 5) is -0.130. The topological polar surface area (TPSA) is 57.6 Å². The Labute approximate surface area is 104 Å². The Morgan fingerprint density at radius 1 is 1.47 bits per heavy atom. The number of benzene rings is 1. The molecule has 0 spiro atoms. The van der Waals surface area contributed by atoms with Crippen molar-refractivity contribution in [1.29, 1.82) is 0 Å². The summed E-state index contributed by atoms with van der Waals surface area (Å²) in [6.07, 6.45) is -0.248. The normalized spacial score (nSPS) is 21.9. The zero-order valence-electron chi connectivity index (χ0n) is 8.81. The van der Waals surface area contributed by atoms with Crippen LogP contribution in [0.1, 0.15) is 6.42 Å². The maximum absolute atomic E-state index is 12.8. The Kier molecular flexibility index (Phi) is 3.40. The largest absolute Gasteiger partial charge is 0.392 e. The summed E-state index contributed by atoms with van der Waals surface area (Å²) in [6, 6.07) is 3.14. The van der Waals surface area contributed by atoms with Crippen molar-refractivity contribution < 1.29 is 17.9 Å². The zero-order chi connectivity index (χ0) is 12.6. The van der Waals surface area contributed by atoms with E-state index in [2.05, 4.69) is 0 Å². The van der Waals surface area contributed by atoms with Crippen molar-refractivity contribution in [3.8, 4) is 0 Å². The van der Waals surface area contributed by atoms with Gasteiger partial charge in [0, 0.05) is 13.1 Å². The van der Waals surface area contributed by atoms with Gasteiger partial charge in [-0.15, -0.1) is 0 Å². The molecule has 0 saturated carbocycles. The molecule has 1 aliphatic rings. The van der Waals surface area contributed by atoms with Crippen molar-refractivity contribution in [3.05, 3.63) is 29.0 Å². The van der Waals surface area contributed by atoms with E-state index in [0.717, 1.165) is 22.5 Å². The number of hydrogen-bond donors (Lipinski definition) is 1. The summed E-state index contributed by atoms with van der Waals surface area (Å²) < 4.78 is 38.2. The summed E-state index contributed by atoms with van der Waals surface area (Å²) in [5, 5.41) is 9.18. The van der Waals surface area contributed by atoms with Crippen molar-refractivity contribution in [2.24, 2.45) is 0 Å². The lowest BCUT2D eigenvalue weighted by Gasteiger charge is -2.16. The third-order valence-corrected chi connectivity index (χ3v) is 4.99. The molecule has 0 unspecified atom stereocenters. The van der Waals surface area contributed by atoms with Crippen LogP contribution in [0.4, 0.5) is 4.39 Å². The average Bonchev–Trinajstić information content (AvgIpc) is 2.64. The Morgan fingerprint density at radius 3 is 2.71 bits per heavy atom. The maximum atomic E-state index is 12.8. The third-order valence-electron chi connectivity index (χ3n) is 2.64. The summed E-state index contributed by atoms with van der Waals surface area (Å²) in [5.74, 6) is -0.588. The molecule has 1 fully saturated rings. The summed E-state index contributed by atoms with van der Waals surface area (Å²) in [7, 11) is -3.74. The van der Waals surface area contributed by atoms with Gasteiger partial charge < -0.3 is 5.11 Å². The van der Waals surface area contributed by atoms with E-state index in [4.69, 9.17) is 11.6 Å². The predicted octanol–water partition coefficient (Wildman–Crippen LogP) is 1.23. The minimum absolute atomic E-state index is 0.0516. The Balaban J connectivity index is 2.38. The second-order valence-electron chi connectivity index (χ2n) is 3.88. The predicted molar refractivity (Wildman–Crippen MR) is 60.8 cm³/mol. The van der Waals surface area contributed by atoms with Gasteiger partial charge >= 0.3 is 0 Å². The van der Waals surface area contributed by atoms with Crippen LogP contribution in [-0.2, 0) is 10.0 Å². The van der Waals surface area contributed by atoms with Gasteiger partial charge in [-0.25, -0.2) is 12.8 Å². The molecule has 1 heterocycles. The molecule has 1 aliphatic heterocycles. The van der Waals surface area contributed by atoms with Crippen molar-refractivity contribution in [1.82, 2.24) is 4.31 Å². The van der Waals surface area contributed by atoms with E-state index in [1.807, 2.05) is 0 Å². The molecule has 0 aromatic heterocycles. The molecular formula is C10H11ClFNO3S. The molecule has 0 radical (unpaired) electrons. The smallest absolute Gasteiger partial charge is 0.244 e. The lowest BCUT2D eigenvalue weighted by molar-refractivity contribution is 0.189. The lowest BCUT2D eigenvalue weighted by atomic mass is 10.3. The molecule has 0 bridgehead atoms. The molecule has 17 heavy (non-hydrogen) atoms. The number of nitrogens with zero attached hydrogens (tertiary/aromatic N) is 1. The second kappa shape index (κ2) is 4.53. The summed E-state index contributed by atoms with van der Waals surface area (Å²) >= 11 is 5.72. The highest BCUT2D eigenvalue weighted by Gasteiger charge is 2.32. The number of β-amino-alcohol motifs (C(OH)–C–C–N with tert-alkyl or cyclic N) is 1. The van der Waals surface area contributed by atoms with Crippen LogP contribution in [0.5, 0.6) is 0 Å². The van der Waals surface area contributed by atoms with Gasteiger partial charge in [-0.2, -0.15) is 4.31 Å². The van der Waals surface area contributed by atoms with Crippen LogP contribution < -0.4 is 0 Å². The van der Waals surface area contributed by atoms with Crippen molar-refractivity contribution >= 4 is 21.6 Å². The monoisotopic (exact) mass is 279 g/mol. The SMILES string of the molecule is O=S(=O)(c1ccc(F)cc1Cl)N1CC[C@H](O)C1. The van der Waals surface area contributed by atoms with Crippen LogP contribution in [0.25, 0.3) is 0 Å². The average molecular weight is 280 g/mol. The fourth-order valence-electron chi connectivity index (χ4n) is 1.75. The molecule has 1 aromatic rings. The Morgan fingerprint density at radius 2 is 2.18 bits per heavy atom. The number of rotatable bonds is 2. The first kappa shape index (κ1) is 12.8. The lowest BCUT2D eigenvalue weighted by Crippen LogP contribution is -2.29. The number of sulfonamides is 1. The fraction of sp³-hybridized carbons (Fsp3) is 0.400. The Bertz CT molecular complexity index is 534.